The van der Waals surface area contributed by atoms with Crippen LogP contribution in [0.1, 0.15) is 78.6 Å². The van der Waals surface area contributed by atoms with Crippen LogP contribution >= 0.6 is 0 Å². The van der Waals surface area contributed by atoms with Crippen LogP contribution in [0, 0.1) is 34.5 Å². The lowest BCUT2D eigenvalue weighted by Crippen LogP contribution is -2.64. The lowest BCUT2D eigenvalue weighted by Gasteiger charge is -2.63. The highest BCUT2D eigenvalue weighted by molar-refractivity contribution is 5.85. The van der Waals surface area contributed by atoms with Crippen molar-refractivity contribution in [1.29, 1.82) is 0 Å². The molecule has 0 radical (unpaired) electrons. The molecule has 2 aliphatic heterocycles. The second kappa shape index (κ2) is 10.9. The van der Waals surface area contributed by atoms with Crippen LogP contribution in [0.15, 0.2) is 11.6 Å². The highest BCUT2D eigenvalue weighted by Crippen LogP contribution is 2.69. The molecule has 10 heteroatoms. The first-order valence-electron chi connectivity index (χ1n) is 15.7. The number of esters is 2. The Morgan fingerprint density at radius 3 is 2.55 bits per heavy atom. The number of hydrogen-bond donors (Lipinski definition) is 2. The van der Waals surface area contributed by atoms with E-state index < -0.39 is 47.7 Å². The van der Waals surface area contributed by atoms with Gasteiger partial charge in [-0.25, -0.2) is 4.79 Å². The third-order valence-corrected chi connectivity index (χ3v) is 12.4. The molecule has 2 heterocycles. The second-order valence-electron chi connectivity index (χ2n) is 14.0. The van der Waals surface area contributed by atoms with E-state index in [1.807, 2.05) is 0 Å². The Morgan fingerprint density at radius 2 is 1.88 bits per heavy atom. The Labute approximate surface area is 247 Å². The minimum Gasteiger partial charge on any atom is -0.458 e. The van der Waals surface area contributed by atoms with Crippen LogP contribution < -0.4 is 0 Å². The molecule has 4 aliphatic carbocycles. The molecule has 1 saturated heterocycles. The fourth-order valence-corrected chi connectivity index (χ4v) is 10.3. The maximum absolute atomic E-state index is 13.1. The zero-order valence-corrected chi connectivity index (χ0v) is 25.2. The summed E-state index contributed by atoms with van der Waals surface area (Å²) in [7, 11) is 1.46. The Kier molecular flexibility index (Phi) is 7.87. The molecule has 0 aromatic carbocycles. The molecule has 13 atom stereocenters. The van der Waals surface area contributed by atoms with Crippen molar-refractivity contribution < 1.29 is 48.3 Å². The zero-order valence-electron chi connectivity index (χ0n) is 25.2. The third kappa shape index (κ3) is 4.50. The number of carbonyl (C=O) groups is 3. The summed E-state index contributed by atoms with van der Waals surface area (Å²) in [6, 6.07) is 0. The number of cyclic esters (lactones) is 1. The molecule has 0 bridgehead atoms. The standard InChI is InChI=1S/C32H46O10/c1-17-26(36)27(38-4)28(41-18(2)34)29(40-17)42-21-7-11-31(16-33)20(14-21)5-6-24-23(31)8-10-30(3)22(9-12-32(24,30)37)19-13-25(35)39-15-19/h13,16-17,20-24,26-29,36-37H,5-12,14-15H2,1-4H3. The van der Waals surface area contributed by atoms with Gasteiger partial charge in [0.1, 0.15) is 25.1 Å². The predicted octanol–water partition coefficient (Wildman–Crippen LogP) is 2.86. The molecule has 13 unspecified atom stereocenters. The van der Waals surface area contributed by atoms with Crippen molar-refractivity contribution in [3.63, 3.8) is 0 Å². The summed E-state index contributed by atoms with van der Waals surface area (Å²) in [5.74, 6) is -0.462. The lowest BCUT2D eigenvalue weighted by atomic mass is 9.43. The van der Waals surface area contributed by atoms with Gasteiger partial charge in [0.05, 0.1) is 17.8 Å². The molecular formula is C32H46O10. The molecule has 6 rings (SSSR count). The molecule has 0 aromatic heterocycles. The summed E-state index contributed by atoms with van der Waals surface area (Å²) in [6.07, 6.45) is 5.29. The quantitative estimate of drug-likeness (QED) is 0.270. The Hall–Kier alpha value is -1.85. The normalized spacial score (nSPS) is 50.1. The van der Waals surface area contributed by atoms with Crippen LogP contribution in [-0.4, -0.2) is 84.6 Å². The minimum atomic E-state index is -0.973. The summed E-state index contributed by atoms with van der Waals surface area (Å²) < 4.78 is 28.7. The number of aliphatic hydroxyl groups is 2. The number of hydrogen-bond acceptors (Lipinski definition) is 10. The Morgan fingerprint density at radius 1 is 1.10 bits per heavy atom. The van der Waals surface area contributed by atoms with E-state index in [4.69, 9.17) is 23.7 Å². The smallest absolute Gasteiger partial charge is 0.331 e. The summed E-state index contributed by atoms with van der Waals surface area (Å²) in [4.78, 5) is 36.8. The predicted molar refractivity (Wildman–Crippen MR) is 148 cm³/mol. The topological polar surface area (TPSA) is 138 Å². The van der Waals surface area contributed by atoms with Gasteiger partial charge < -0.3 is 38.7 Å². The second-order valence-corrected chi connectivity index (χ2v) is 14.0. The van der Waals surface area contributed by atoms with E-state index in [-0.39, 0.29) is 41.2 Å². The minimum absolute atomic E-state index is 0.0265. The number of aliphatic hydroxyl groups excluding tert-OH is 1. The fraction of sp³-hybridized carbons (Fsp3) is 0.844. The SMILES string of the molecule is COC1C(O)C(C)OC(OC2CCC3(C=O)C(CCC4C3CCC3(C)C(C5=CC(=O)OC5)CCC43O)C2)C1OC(C)=O. The highest BCUT2D eigenvalue weighted by Gasteiger charge is 2.68. The molecule has 6 aliphatic rings. The van der Waals surface area contributed by atoms with Crippen molar-refractivity contribution in [2.24, 2.45) is 34.5 Å². The van der Waals surface area contributed by atoms with Crippen LogP contribution in [0.4, 0.5) is 0 Å². The van der Waals surface area contributed by atoms with Gasteiger partial charge in [0.15, 0.2) is 12.4 Å². The summed E-state index contributed by atoms with van der Waals surface area (Å²) in [5.41, 5.74) is -0.761. The van der Waals surface area contributed by atoms with Crippen molar-refractivity contribution in [2.45, 2.75) is 121 Å². The molecule has 234 valence electrons. The largest absolute Gasteiger partial charge is 0.458 e. The molecule has 4 saturated carbocycles. The number of methoxy groups -OCH3 is 1. The van der Waals surface area contributed by atoms with Crippen molar-refractivity contribution >= 4 is 18.2 Å². The van der Waals surface area contributed by atoms with Gasteiger partial charge in [-0.15, -0.1) is 0 Å². The van der Waals surface area contributed by atoms with Gasteiger partial charge in [-0.3, -0.25) is 4.79 Å². The van der Waals surface area contributed by atoms with Crippen LogP contribution in [0.2, 0.25) is 0 Å². The molecule has 0 amide bonds. The van der Waals surface area contributed by atoms with Gasteiger partial charge in [0.25, 0.3) is 0 Å². The van der Waals surface area contributed by atoms with Gasteiger partial charge in [-0.2, -0.15) is 0 Å². The highest BCUT2D eigenvalue weighted by atomic mass is 16.7. The fourth-order valence-electron chi connectivity index (χ4n) is 10.3. The molecule has 10 nitrogen and oxygen atoms in total. The third-order valence-electron chi connectivity index (χ3n) is 12.4. The van der Waals surface area contributed by atoms with Gasteiger partial charge in [0, 0.05) is 30.9 Å². The van der Waals surface area contributed by atoms with Crippen LogP contribution in [-0.2, 0) is 38.1 Å². The number of carbonyl (C=O) groups excluding carboxylic acids is 3. The number of ether oxygens (including phenoxy) is 5. The Balaban J connectivity index is 1.19. The van der Waals surface area contributed by atoms with E-state index in [0.717, 1.165) is 37.7 Å². The number of fused-ring (bicyclic) bond motifs is 5. The van der Waals surface area contributed by atoms with Crippen LogP contribution in [0.25, 0.3) is 0 Å². The molecule has 42 heavy (non-hydrogen) atoms. The molecular weight excluding hydrogens is 544 g/mol. The van der Waals surface area contributed by atoms with Gasteiger partial charge >= 0.3 is 11.9 Å². The van der Waals surface area contributed by atoms with Gasteiger partial charge in [-0.1, -0.05) is 6.92 Å². The average Bonchev–Trinajstić information content (AvgIpc) is 3.50. The molecule has 5 fully saturated rings. The summed E-state index contributed by atoms with van der Waals surface area (Å²) >= 11 is 0. The van der Waals surface area contributed by atoms with E-state index in [1.54, 1.807) is 13.0 Å². The van der Waals surface area contributed by atoms with E-state index in [9.17, 15) is 24.6 Å². The van der Waals surface area contributed by atoms with Crippen molar-refractivity contribution in [1.82, 2.24) is 0 Å². The maximum Gasteiger partial charge on any atom is 0.331 e. The van der Waals surface area contributed by atoms with Crippen LogP contribution in [0.3, 0.4) is 0 Å². The molecule has 2 N–H and O–H groups in total. The molecule has 0 spiro atoms. The first kappa shape index (κ1) is 30.2. The Bertz CT molecular complexity index is 1120. The number of rotatable bonds is 6. The maximum atomic E-state index is 13.1. The van der Waals surface area contributed by atoms with E-state index in [2.05, 4.69) is 6.92 Å². The van der Waals surface area contributed by atoms with Gasteiger partial charge in [0.2, 0.25) is 0 Å². The number of aldehydes is 1. The molecule has 0 aromatic rings. The average molecular weight is 591 g/mol. The van der Waals surface area contributed by atoms with Crippen molar-refractivity contribution in [3.8, 4) is 0 Å². The zero-order chi connectivity index (χ0) is 30.0. The van der Waals surface area contributed by atoms with Crippen molar-refractivity contribution in [2.75, 3.05) is 13.7 Å². The van der Waals surface area contributed by atoms with Gasteiger partial charge in [-0.05, 0) is 94.0 Å². The van der Waals surface area contributed by atoms with Crippen LogP contribution in [0.5, 0.6) is 0 Å². The lowest BCUT2D eigenvalue weighted by molar-refractivity contribution is -0.315. The van der Waals surface area contributed by atoms with E-state index >= 15 is 0 Å². The summed E-state index contributed by atoms with van der Waals surface area (Å²) in [6.45, 7) is 5.54. The monoisotopic (exact) mass is 590 g/mol. The van der Waals surface area contributed by atoms with E-state index in [1.165, 1.54) is 20.3 Å². The first-order chi connectivity index (χ1) is 20.0. The van der Waals surface area contributed by atoms with Crippen molar-refractivity contribution in [3.05, 3.63) is 11.6 Å². The first-order valence-corrected chi connectivity index (χ1v) is 15.7. The van der Waals surface area contributed by atoms with E-state index in [0.29, 0.717) is 32.3 Å². The summed E-state index contributed by atoms with van der Waals surface area (Å²) in [5, 5.41) is 23.0.